The number of carbonyl (C=O) groups is 1. The second-order valence-corrected chi connectivity index (χ2v) is 10.8. The first-order valence-electron chi connectivity index (χ1n) is 12.0. The molecule has 7 heteroatoms. The van der Waals surface area contributed by atoms with Crippen LogP contribution in [-0.2, 0) is 17.6 Å². The maximum Gasteiger partial charge on any atom is 0.309 e. The molecule has 0 radical (unpaired) electrons. The molecule has 4 rings (SSSR count). The first-order chi connectivity index (χ1) is 16.0. The number of carboxylic acids is 1. The van der Waals surface area contributed by atoms with Crippen LogP contribution in [0.3, 0.4) is 0 Å². The van der Waals surface area contributed by atoms with Crippen LogP contribution in [0.4, 0.5) is 17.1 Å². The maximum absolute atomic E-state index is 12.5. The van der Waals surface area contributed by atoms with Gasteiger partial charge >= 0.3 is 5.97 Å². The van der Waals surface area contributed by atoms with E-state index in [-0.39, 0.29) is 27.9 Å². The molecule has 3 atom stereocenters. The zero-order chi connectivity index (χ0) is 24.8. The van der Waals surface area contributed by atoms with Gasteiger partial charge in [0.05, 0.1) is 23.0 Å². The molecule has 0 saturated heterocycles. The second kappa shape index (κ2) is 8.60. The average Bonchev–Trinajstić information content (AvgIpc) is 2.77. The summed E-state index contributed by atoms with van der Waals surface area (Å²) >= 11 is 0. The third kappa shape index (κ3) is 3.91. The number of hydrogen-bond acceptors (Lipinski definition) is 5. The topological polar surface area (TPSA) is 102 Å². The highest BCUT2D eigenvalue weighted by Gasteiger charge is 2.55. The third-order valence-electron chi connectivity index (χ3n) is 8.21. The van der Waals surface area contributed by atoms with Crippen molar-refractivity contribution in [1.82, 2.24) is 0 Å². The Labute approximate surface area is 200 Å². The molecule has 7 nitrogen and oxygen atoms in total. The molecule has 0 bridgehead atoms. The van der Waals surface area contributed by atoms with Crippen LogP contribution in [0.2, 0.25) is 0 Å². The lowest BCUT2D eigenvalue weighted by Gasteiger charge is -2.53. The molecular formula is C27H34N2O5. The van der Waals surface area contributed by atoms with Crippen molar-refractivity contribution in [3.63, 3.8) is 0 Å². The molecule has 2 aliphatic rings. The molecule has 1 saturated carbocycles. The second-order valence-electron chi connectivity index (χ2n) is 10.8. The lowest BCUT2D eigenvalue weighted by atomic mass is 9.50. The summed E-state index contributed by atoms with van der Waals surface area (Å²) in [4.78, 5) is 24.5. The van der Waals surface area contributed by atoms with Crippen LogP contribution in [0.15, 0.2) is 30.3 Å². The van der Waals surface area contributed by atoms with Crippen molar-refractivity contribution in [3.8, 4) is 5.75 Å². The monoisotopic (exact) mass is 466 g/mol. The Bertz CT molecular complexity index is 1130. The molecular weight excluding hydrogens is 432 g/mol. The number of nitrogens with one attached hydrogen (secondary N) is 1. The molecule has 0 aromatic heterocycles. The molecule has 2 aliphatic carbocycles. The number of hydrogen-bond donors (Lipinski definition) is 2. The lowest BCUT2D eigenvalue weighted by Crippen LogP contribution is -2.51. The summed E-state index contributed by atoms with van der Waals surface area (Å²) in [5, 5.41) is 26.0. The highest BCUT2D eigenvalue weighted by atomic mass is 16.6. The molecule has 1 fully saturated rings. The molecule has 0 unspecified atom stereocenters. The summed E-state index contributed by atoms with van der Waals surface area (Å²) in [7, 11) is 1.61. The number of nitro benzene ring substituents is 1. The molecule has 2 N–H and O–H groups in total. The van der Waals surface area contributed by atoms with Crippen LogP contribution in [0.25, 0.3) is 0 Å². The summed E-state index contributed by atoms with van der Waals surface area (Å²) in [6.45, 7) is 7.92. The molecule has 182 valence electrons. The van der Waals surface area contributed by atoms with Gasteiger partial charge in [0.1, 0.15) is 5.75 Å². The quantitative estimate of drug-likeness (QED) is 0.374. The number of carboxylic acid groups (broad SMARTS) is 1. The summed E-state index contributed by atoms with van der Waals surface area (Å²) in [5.74, 6) is -0.282. The highest BCUT2D eigenvalue weighted by molar-refractivity contribution is 5.76. The van der Waals surface area contributed by atoms with Gasteiger partial charge in [0.2, 0.25) is 0 Å². The van der Waals surface area contributed by atoms with Gasteiger partial charge in [-0.1, -0.05) is 27.2 Å². The minimum absolute atomic E-state index is 0.0861. The highest BCUT2D eigenvalue weighted by Crippen LogP contribution is 2.58. The smallest absolute Gasteiger partial charge is 0.309 e. The van der Waals surface area contributed by atoms with E-state index in [1.165, 1.54) is 0 Å². The predicted octanol–water partition coefficient (Wildman–Crippen LogP) is 6.47. The van der Waals surface area contributed by atoms with Crippen LogP contribution < -0.4 is 10.1 Å². The first kappa shape index (κ1) is 24.0. The Hall–Kier alpha value is -3.09. The minimum atomic E-state index is -0.878. The van der Waals surface area contributed by atoms with Gasteiger partial charge < -0.3 is 15.2 Å². The largest absolute Gasteiger partial charge is 0.497 e. The minimum Gasteiger partial charge on any atom is -0.497 e. The number of anilines is 2. The Balaban J connectivity index is 1.87. The van der Waals surface area contributed by atoms with Crippen LogP contribution >= 0.6 is 0 Å². The van der Waals surface area contributed by atoms with Crippen LogP contribution in [-0.4, -0.2) is 23.1 Å². The van der Waals surface area contributed by atoms with Gasteiger partial charge in [-0.05, 0) is 85.8 Å². The fourth-order valence-corrected chi connectivity index (χ4v) is 6.45. The van der Waals surface area contributed by atoms with Gasteiger partial charge in [-0.3, -0.25) is 14.9 Å². The summed E-state index contributed by atoms with van der Waals surface area (Å²) in [6, 6.07) is 9.56. The number of fused-ring (bicyclic) bond motifs is 2. The van der Waals surface area contributed by atoms with Crippen molar-refractivity contribution in [2.45, 2.75) is 65.7 Å². The standard InChI is InChI=1S/C27H34N2O5/c1-16(2)23-21(28-18-7-9-19(34-5)10-8-18)13-17-15-26(3)11-6-12-27(4,25(30)31)22(26)14-20(17)24(23)29(32)33/h7-10,13,16,22,28H,6,11-12,14-15H2,1-5H3,(H,30,31)/t22-,26-,27-/m1/s1. The van der Waals surface area contributed by atoms with E-state index < -0.39 is 11.4 Å². The van der Waals surface area contributed by atoms with E-state index in [2.05, 4.69) is 18.3 Å². The summed E-state index contributed by atoms with van der Waals surface area (Å²) < 4.78 is 5.24. The molecule has 0 spiro atoms. The van der Waals surface area contributed by atoms with E-state index in [0.717, 1.165) is 35.5 Å². The van der Waals surface area contributed by atoms with Crippen molar-refractivity contribution in [2.75, 3.05) is 12.4 Å². The van der Waals surface area contributed by atoms with Gasteiger partial charge in [0.25, 0.3) is 5.69 Å². The number of nitro groups is 1. The van der Waals surface area contributed by atoms with Gasteiger partial charge in [-0.15, -0.1) is 0 Å². The van der Waals surface area contributed by atoms with Crippen molar-refractivity contribution < 1.29 is 19.6 Å². The molecule has 0 heterocycles. The van der Waals surface area contributed by atoms with Gasteiger partial charge in [-0.2, -0.15) is 0 Å². The number of rotatable bonds is 6. The third-order valence-corrected chi connectivity index (χ3v) is 8.21. The Morgan fingerprint density at radius 3 is 2.47 bits per heavy atom. The molecule has 34 heavy (non-hydrogen) atoms. The van der Waals surface area contributed by atoms with Crippen molar-refractivity contribution in [2.24, 2.45) is 16.7 Å². The normalized spacial score (nSPS) is 25.9. The predicted molar refractivity (Wildman–Crippen MR) is 132 cm³/mol. The zero-order valence-electron chi connectivity index (χ0n) is 20.6. The number of benzene rings is 2. The SMILES string of the molecule is COc1ccc(Nc2cc3c(c([N+](=O)[O-])c2C(C)C)C[C@@H]2[C@](C)(CCC[C@@]2(C)C(=O)O)C3)cc1. The number of aliphatic carboxylic acids is 1. The van der Waals surface area contributed by atoms with Crippen molar-refractivity contribution in [1.29, 1.82) is 0 Å². The molecule has 0 aliphatic heterocycles. The molecule has 0 amide bonds. The Morgan fingerprint density at radius 2 is 1.91 bits per heavy atom. The van der Waals surface area contributed by atoms with Crippen molar-refractivity contribution in [3.05, 3.63) is 57.1 Å². The maximum atomic E-state index is 12.5. The number of nitrogens with zero attached hydrogens (tertiary/aromatic N) is 1. The van der Waals surface area contributed by atoms with Gasteiger partial charge in [0, 0.05) is 16.9 Å². The summed E-state index contributed by atoms with van der Waals surface area (Å²) in [5.41, 5.74) is 2.96. The summed E-state index contributed by atoms with van der Waals surface area (Å²) in [6.07, 6.45) is 3.47. The van der Waals surface area contributed by atoms with Crippen LogP contribution in [0.1, 0.15) is 69.6 Å². The van der Waals surface area contributed by atoms with E-state index in [1.54, 1.807) is 7.11 Å². The van der Waals surface area contributed by atoms with E-state index in [1.807, 2.05) is 45.0 Å². The van der Waals surface area contributed by atoms with Gasteiger partial charge in [0.15, 0.2) is 0 Å². The van der Waals surface area contributed by atoms with Crippen LogP contribution in [0, 0.1) is 26.9 Å². The van der Waals surface area contributed by atoms with Crippen LogP contribution in [0.5, 0.6) is 5.75 Å². The van der Waals surface area contributed by atoms with E-state index in [0.29, 0.717) is 30.4 Å². The molecule has 2 aromatic rings. The van der Waals surface area contributed by atoms with E-state index in [4.69, 9.17) is 4.74 Å². The van der Waals surface area contributed by atoms with Gasteiger partial charge in [-0.25, -0.2) is 0 Å². The Kier molecular flexibility index (Phi) is 6.08. The number of methoxy groups -OCH3 is 1. The average molecular weight is 467 g/mol. The first-order valence-corrected chi connectivity index (χ1v) is 12.0. The Morgan fingerprint density at radius 1 is 1.24 bits per heavy atom. The fourth-order valence-electron chi connectivity index (χ4n) is 6.45. The zero-order valence-corrected chi connectivity index (χ0v) is 20.6. The van der Waals surface area contributed by atoms with Crippen molar-refractivity contribution >= 4 is 23.0 Å². The lowest BCUT2D eigenvalue weighted by molar-refractivity contribution is -0.386. The van der Waals surface area contributed by atoms with E-state index in [9.17, 15) is 20.0 Å². The fraction of sp³-hybridized carbons (Fsp3) is 0.519. The van der Waals surface area contributed by atoms with E-state index >= 15 is 0 Å². The molecule has 2 aromatic carbocycles. The number of ether oxygens (including phenoxy) is 1.